The molecule has 3 atom stereocenters. The summed E-state index contributed by atoms with van der Waals surface area (Å²) in [6, 6.07) is 6.36. The van der Waals surface area contributed by atoms with Crippen molar-refractivity contribution >= 4 is 17.8 Å². The van der Waals surface area contributed by atoms with Gasteiger partial charge in [-0.25, -0.2) is 4.79 Å². The minimum Gasteiger partial charge on any atom is -0.497 e. The highest BCUT2D eigenvalue weighted by Crippen LogP contribution is 2.29. The maximum absolute atomic E-state index is 12.9. The van der Waals surface area contributed by atoms with E-state index in [1.54, 1.807) is 38.3 Å². The van der Waals surface area contributed by atoms with Gasteiger partial charge >= 0.3 is 6.03 Å². The van der Waals surface area contributed by atoms with E-state index in [0.717, 1.165) is 17.9 Å². The van der Waals surface area contributed by atoms with E-state index in [-0.39, 0.29) is 18.5 Å². The molecule has 146 valence electrons. The molecule has 3 N–H and O–H groups in total. The number of urea groups is 1. The quantitative estimate of drug-likeness (QED) is 0.655. The molecule has 1 aromatic rings. The second-order valence-electron chi connectivity index (χ2n) is 7.32. The zero-order valence-electron chi connectivity index (χ0n) is 15.9. The van der Waals surface area contributed by atoms with Crippen molar-refractivity contribution in [3.63, 3.8) is 0 Å². The maximum atomic E-state index is 12.9. The third-order valence-electron chi connectivity index (χ3n) is 5.42. The van der Waals surface area contributed by atoms with Gasteiger partial charge in [-0.15, -0.1) is 0 Å². The van der Waals surface area contributed by atoms with Crippen molar-refractivity contribution < 1.29 is 19.1 Å². The number of ether oxygens (including phenoxy) is 1. The number of hydrogen-bond acceptors (Lipinski definition) is 5. The van der Waals surface area contributed by atoms with Crippen LogP contribution < -0.4 is 20.7 Å². The fraction of sp³-hybridized carbons (Fsp3) is 0.526. The molecule has 2 saturated heterocycles. The van der Waals surface area contributed by atoms with Crippen molar-refractivity contribution in [3.8, 4) is 5.75 Å². The summed E-state index contributed by atoms with van der Waals surface area (Å²) < 4.78 is 5.13. The number of imide groups is 1. The molecular formula is C19H26N4O4. The van der Waals surface area contributed by atoms with Gasteiger partial charge in [-0.3, -0.25) is 14.5 Å². The summed E-state index contributed by atoms with van der Waals surface area (Å²) in [6.07, 6.45) is 0.976. The zero-order chi connectivity index (χ0) is 19.6. The van der Waals surface area contributed by atoms with Gasteiger partial charge in [0.1, 0.15) is 17.8 Å². The van der Waals surface area contributed by atoms with E-state index >= 15 is 0 Å². The van der Waals surface area contributed by atoms with Crippen LogP contribution in [0.3, 0.4) is 0 Å². The molecule has 2 aliphatic rings. The number of benzene rings is 1. The lowest BCUT2D eigenvalue weighted by molar-refractivity contribution is -0.135. The van der Waals surface area contributed by atoms with Crippen molar-refractivity contribution in [2.45, 2.75) is 31.8 Å². The molecular weight excluding hydrogens is 348 g/mol. The van der Waals surface area contributed by atoms with Crippen LogP contribution in [-0.2, 0) is 15.1 Å². The van der Waals surface area contributed by atoms with Gasteiger partial charge in [0, 0.05) is 12.6 Å². The number of piperidine rings is 1. The van der Waals surface area contributed by atoms with Gasteiger partial charge in [-0.1, -0.05) is 19.1 Å². The van der Waals surface area contributed by atoms with Crippen LogP contribution >= 0.6 is 0 Å². The summed E-state index contributed by atoms with van der Waals surface area (Å²) in [4.78, 5) is 38.6. The summed E-state index contributed by atoms with van der Waals surface area (Å²) >= 11 is 0. The molecule has 0 radical (unpaired) electrons. The molecule has 2 aliphatic heterocycles. The molecule has 2 heterocycles. The second kappa shape index (κ2) is 7.56. The summed E-state index contributed by atoms with van der Waals surface area (Å²) in [6.45, 7) is 5.05. The molecule has 3 rings (SSSR count). The first-order valence-corrected chi connectivity index (χ1v) is 9.14. The Kier molecular flexibility index (Phi) is 5.36. The van der Waals surface area contributed by atoms with E-state index in [9.17, 15) is 14.4 Å². The molecule has 0 spiro atoms. The normalized spacial score (nSPS) is 28.0. The molecule has 27 heavy (non-hydrogen) atoms. The molecule has 2 fully saturated rings. The Morgan fingerprint density at radius 2 is 2.04 bits per heavy atom. The number of nitrogens with one attached hydrogen (secondary N) is 3. The van der Waals surface area contributed by atoms with Gasteiger partial charge in [-0.2, -0.15) is 0 Å². The molecule has 0 saturated carbocycles. The van der Waals surface area contributed by atoms with Crippen LogP contribution in [0.5, 0.6) is 5.75 Å². The van der Waals surface area contributed by atoms with Crippen LogP contribution in [0.4, 0.5) is 4.79 Å². The molecule has 8 nitrogen and oxygen atoms in total. The van der Waals surface area contributed by atoms with Crippen molar-refractivity contribution in [1.29, 1.82) is 0 Å². The third kappa shape index (κ3) is 3.75. The topological polar surface area (TPSA) is 99.8 Å². The van der Waals surface area contributed by atoms with Gasteiger partial charge in [-0.05, 0) is 43.5 Å². The Bertz CT molecular complexity index is 736. The van der Waals surface area contributed by atoms with Crippen molar-refractivity contribution in [2.24, 2.45) is 5.92 Å². The van der Waals surface area contributed by atoms with Crippen molar-refractivity contribution in [1.82, 2.24) is 20.9 Å². The van der Waals surface area contributed by atoms with Crippen LogP contribution in [0.25, 0.3) is 0 Å². The zero-order valence-corrected chi connectivity index (χ0v) is 15.9. The Morgan fingerprint density at radius 3 is 2.67 bits per heavy atom. The lowest BCUT2D eigenvalue weighted by atomic mass is 9.92. The van der Waals surface area contributed by atoms with Crippen molar-refractivity contribution in [2.75, 3.05) is 26.7 Å². The summed E-state index contributed by atoms with van der Waals surface area (Å²) in [5, 5.41) is 8.87. The lowest BCUT2D eigenvalue weighted by Crippen LogP contribution is -2.53. The van der Waals surface area contributed by atoms with E-state index in [1.807, 2.05) is 0 Å². The van der Waals surface area contributed by atoms with E-state index < -0.39 is 17.5 Å². The first-order valence-electron chi connectivity index (χ1n) is 9.14. The largest absolute Gasteiger partial charge is 0.497 e. The smallest absolute Gasteiger partial charge is 0.325 e. The van der Waals surface area contributed by atoms with Crippen molar-refractivity contribution in [3.05, 3.63) is 29.8 Å². The van der Waals surface area contributed by atoms with Gasteiger partial charge in [0.25, 0.3) is 5.91 Å². The predicted molar refractivity (Wildman–Crippen MR) is 99.2 cm³/mol. The maximum Gasteiger partial charge on any atom is 0.325 e. The van der Waals surface area contributed by atoms with E-state index in [1.165, 1.54) is 0 Å². The highest BCUT2D eigenvalue weighted by Gasteiger charge is 2.49. The summed E-state index contributed by atoms with van der Waals surface area (Å²) in [5.41, 5.74) is -0.571. The Hall–Kier alpha value is -2.61. The van der Waals surface area contributed by atoms with Crippen LogP contribution in [0.2, 0.25) is 0 Å². The monoisotopic (exact) mass is 374 g/mol. The first kappa shape index (κ1) is 19.2. The number of carbonyl (C=O) groups is 3. The number of amides is 4. The van der Waals surface area contributed by atoms with Crippen LogP contribution in [-0.4, -0.2) is 55.5 Å². The summed E-state index contributed by atoms with van der Waals surface area (Å²) in [5.74, 6) is 0.231. The minimum atomic E-state index is -1.21. The number of hydrogen-bond donors (Lipinski definition) is 3. The first-order chi connectivity index (χ1) is 12.8. The second-order valence-corrected chi connectivity index (χ2v) is 7.32. The van der Waals surface area contributed by atoms with E-state index in [2.05, 4.69) is 22.9 Å². The number of nitrogens with zero attached hydrogens (tertiary/aromatic N) is 1. The average molecular weight is 374 g/mol. The van der Waals surface area contributed by atoms with Gasteiger partial charge < -0.3 is 20.7 Å². The minimum absolute atomic E-state index is 0.0000109. The fourth-order valence-corrected chi connectivity index (χ4v) is 3.54. The van der Waals surface area contributed by atoms with Crippen LogP contribution in [0.1, 0.15) is 25.8 Å². The number of methoxy groups -OCH3 is 1. The molecule has 0 aromatic heterocycles. The van der Waals surface area contributed by atoms with Gasteiger partial charge in [0.2, 0.25) is 5.91 Å². The lowest BCUT2D eigenvalue weighted by Gasteiger charge is -2.30. The molecule has 0 bridgehead atoms. The SMILES string of the molecule is COc1ccc(C2(C)NC(=O)N(CC(=O)NC3CNCCC3C)C2=O)cc1. The highest BCUT2D eigenvalue weighted by molar-refractivity contribution is 6.09. The van der Waals surface area contributed by atoms with Crippen LogP contribution in [0.15, 0.2) is 24.3 Å². The molecule has 8 heteroatoms. The van der Waals surface area contributed by atoms with E-state index in [0.29, 0.717) is 23.8 Å². The molecule has 1 aromatic carbocycles. The molecule has 3 unspecified atom stereocenters. The Balaban J connectivity index is 1.68. The number of rotatable bonds is 5. The third-order valence-corrected chi connectivity index (χ3v) is 5.42. The summed E-state index contributed by atoms with van der Waals surface area (Å²) in [7, 11) is 1.56. The van der Waals surface area contributed by atoms with E-state index in [4.69, 9.17) is 4.74 Å². The Morgan fingerprint density at radius 1 is 1.33 bits per heavy atom. The van der Waals surface area contributed by atoms with Gasteiger partial charge in [0.05, 0.1) is 7.11 Å². The highest BCUT2D eigenvalue weighted by atomic mass is 16.5. The molecule has 4 amide bonds. The standard InChI is InChI=1S/C19H26N4O4/c1-12-8-9-20-10-15(12)21-16(24)11-23-17(25)19(2,22-18(23)26)13-4-6-14(27-3)7-5-13/h4-7,12,15,20H,8-11H2,1-3H3,(H,21,24)(H,22,26). The fourth-order valence-electron chi connectivity index (χ4n) is 3.54. The Labute approximate surface area is 158 Å². The number of carbonyl (C=O) groups excluding carboxylic acids is 3. The predicted octanol–water partition coefficient (Wildman–Crippen LogP) is 0.576. The van der Waals surface area contributed by atoms with Crippen LogP contribution in [0, 0.1) is 5.92 Å². The molecule has 0 aliphatic carbocycles. The average Bonchev–Trinajstić information content (AvgIpc) is 2.88. The van der Waals surface area contributed by atoms with Gasteiger partial charge in [0.15, 0.2) is 0 Å².